The van der Waals surface area contributed by atoms with Crippen LogP contribution in [0.15, 0.2) is 51.3 Å². The maximum atomic E-state index is 12.5. The van der Waals surface area contributed by atoms with Gasteiger partial charge in [-0.15, -0.1) is 0 Å². The lowest BCUT2D eigenvalue weighted by Gasteiger charge is -2.28. The normalized spacial score (nSPS) is 13.8. The maximum absolute atomic E-state index is 12.5. The molecule has 2 amide bonds. The Morgan fingerprint density at radius 2 is 2.12 bits per heavy atom. The summed E-state index contributed by atoms with van der Waals surface area (Å²) in [5, 5.41) is 10.4. The summed E-state index contributed by atoms with van der Waals surface area (Å²) in [7, 11) is 0. The molecule has 1 fully saturated rings. The fourth-order valence-electron chi connectivity index (χ4n) is 3.60. The molecule has 0 spiro atoms. The number of aromatic nitrogens is 2. The van der Waals surface area contributed by atoms with Crippen LogP contribution in [0.2, 0.25) is 0 Å². The first-order valence-corrected chi connectivity index (χ1v) is 10.9. The van der Waals surface area contributed by atoms with E-state index < -0.39 is 0 Å². The molecule has 0 bridgehead atoms. The molecule has 0 radical (unpaired) electrons. The van der Waals surface area contributed by atoms with E-state index in [1.807, 2.05) is 30.9 Å². The Bertz CT molecular complexity index is 1060. The molecular formula is C24H28N4O4. The summed E-state index contributed by atoms with van der Waals surface area (Å²) in [6.07, 6.45) is 9.06. The number of aryl methyl sites for hydroxylation is 2. The number of carbonyl (C=O) groups excluding carboxylic acids is 1. The van der Waals surface area contributed by atoms with E-state index in [-0.39, 0.29) is 6.03 Å². The van der Waals surface area contributed by atoms with Crippen molar-refractivity contribution in [3.8, 4) is 5.75 Å². The highest BCUT2D eigenvalue weighted by Gasteiger charge is 2.21. The average molecular weight is 437 g/mol. The second-order valence-electron chi connectivity index (χ2n) is 8.00. The third-order valence-electron chi connectivity index (χ3n) is 5.66. The van der Waals surface area contributed by atoms with Crippen LogP contribution in [0.25, 0.3) is 6.08 Å². The van der Waals surface area contributed by atoms with E-state index in [0.29, 0.717) is 25.6 Å². The summed E-state index contributed by atoms with van der Waals surface area (Å²) >= 11 is 0. The van der Waals surface area contributed by atoms with Crippen LogP contribution in [-0.4, -0.2) is 40.9 Å². The average Bonchev–Trinajstić information content (AvgIpc) is 3.43. The Morgan fingerprint density at radius 3 is 2.84 bits per heavy atom. The molecule has 0 aliphatic carbocycles. The second-order valence-corrected chi connectivity index (χ2v) is 8.00. The van der Waals surface area contributed by atoms with Crippen molar-refractivity contribution in [3.63, 3.8) is 0 Å². The number of likely N-dealkylation sites (tertiary alicyclic amines) is 1. The van der Waals surface area contributed by atoms with Crippen molar-refractivity contribution in [2.24, 2.45) is 0 Å². The highest BCUT2D eigenvalue weighted by Crippen LogP contribution is 2.23. The Balaban J connectivity index is 1.25. The lowest BCUT2D eigenvalue weighted by Crippen LogP contribution is -2.39. The molecule has 0 unspecified atom stereocenters. The molecule has 0 atom stereocenters. The minimum absolute atomic E-state index is 0.148. The molecule has 1 saturated heterocycles. The molecule has 0 saturated carbocycles. The van der Waals surface area contributed by atoms with Crippen LogP contribution >= 0.6 is 0 Å². The molecular weight excluding hydrogens is 408 g/mol. The van der Waals surface area contributed by atoms with Crippen molar-refractivity contribution in [2.45, 2.75) is 39.5 Å². The molecule has 1 aliphatic heterocycles. The van der Waals surface area contributed by atoms with Crippen molar-refractivity contribution in [3.05, 3.63) is 64.7 Å². The topological polar surface area (TPSA) is 93.6 Å². The minimum Gasteiger partial charge on any atom is -0.494 e. The number of anilines is 1. The van der Waals surface area contributed by atoms with Crippen molar-refractivity contribution in [1.82, 2.24) is 15.2 Å². The van der Waals surface area contributed by atoms with Crippen LogP contribution in [0.1, 0.15) is 41.6 Å². The minimum atomic E-state index is -0.148. The number of piperidine rings is 1. The summed E-state index contributed by atoms with van der Waals surface area (Å²) in [5.74, 6) is 1.28. The molecule has 8 nitrogen and oxygen atoms in total. The van der Waals surface area contributed by atoms with Gasteiger partial charge in [-0.3, -0.25) is 5.32 Å². The number of ether oxygens (including phenoxy) is 1. The van der Waals surface area contributed by atoms with Gasteiger partial charge in [-0.25, -0.2) is 4.79 Å². The quantitative estimate of drug-likeness (QED) is 0.524. The van der Waals surface area contributed by atoms with Crippen LogP contribution in [0, 0.1) is 13.8 Å². The standard InChI is InChI=1S/C24H28N4O4/c1-17-18(2)27-32-23(17)26-24(29)28-10-8-19(9-11-28)13-20-5-3-7-22(14-20)30-12-4-6-21-15-25-31-16-21/h3,5,7,13-16H,4,6,8-12H2,1-2H3,(H,26,29). The first-order valence-electron chi connectivity index (χ1n) is 10.9. The van der Waals surface area contributed by atoms with Gasteiger partial charge in [0.15, 0.2) is 0 Å². The number of hydrogen-bond donors (Lipinski definition) is 1. The summed E-state index contributed by atoms with van der Waals surface area (Å²) in [6.45, 7) is 5.71. The van der Waals surface area contributed by atoms with Crippen molar-refractivity contribution < 1.29 is 18.6 Å². The Kier molecular flexibility index (Phi) is 6.89. The first-order chi connectivity index (χ1) is 15.6. The van der Waals surface area contributed by atoms with E-state index in [4.69, 9.17) is 13.8 Å². The number of benzene rings is 1. The number of nitrogens with one attached hydrogen (secondary N) is 1. The van der Waals surface area contributed by atoms with Gasteiger partial charge in [0.25, 0.3) is 0 Å². The highest BCUT2D eigenvalue weighted by molar-refractivity contribution is 5.88. The maximum Gasteiger partial charge on any atom is 0.324 e. The number of urea groups is 1. The molecule has 1 aliphatic rings. The molecule has 1 aromatic carbocycles. The van der Waals surface area contributed by atoms with Crippen molar-refractivity contribution in [1.29, 1.82) is 0 Å². The molecule has 1 N–H and O–H groups in total. The van der Waals surface area contributed by atoms with Crippen LogP contribution in [-0.2, 0) is 6.42 Å². The number of carbonyl (C=O) groups is 1. The highest BCUT2D eigenvalue weighted by atomic mass is 16.5. The first kappa shape index (κ1) is 21.7. The number of hydrogen-bond acceptors (Lipinski definition) is 6. The van der Waals surface area contributed by atoms with Gasteiger partial charge in [0, 0.05) is 24.2 Å². The van der Waals surface area contributed by atoms with Gasteiger partial charge in [-0.2, -0.15) is 0 Å². The number of rotatable bonds is 7. The van der Waals surface area contributed by atoms with E-state index in [2.05, 4.69) is 33.8 Å². The molecule has 168 valence electrons. The SMILES string of the molecule is Cc1noc(NC(=O)N2CCC(=Cc3cccc(OCCCc4cnoc4)c3)CC2)c1C. The van der Waals surface area contributed by atoms with E-state index in [0.717, 1.165) is 53.8 Å². The molecule has 3 heterocycles. The van der Waals surface area contributed by atoms with Gasteiger partial charge >= 0.3 is 6.03 Å². The Morgan fingerprint density at radius 1 is 1.28 bits per heavy atom. The third kappa shape index (κ3) is 5.57. The van der Waals surface area contributed by atoms with Crippen LogP contribution in [0.3, 0.4) is 0 Å². The zero-order valence-electron chi connectivity index (χ0n) is 18.5. The van der Waals surface area contributed by atoms with E-state index in [9.17, 15) is 4.79 Å². The van der Waals surface area contributed by atoms with Gasteiger partial charge in [0.05, 0.1) is 18.5 Å². The van der Waals surface area contributed by atoms with Crippen LogP contribution in [0.4, 0.5) is 10.7 Å². The van der Waals surface area contributed by atoms with Crippen LogP contribution < -0.4 is 10.1 Å². The van der Waals surface area contributed by atoms with Gasteiger partial charge in [0.2, 0.25) is 5.88 Å². The molecule has 8 heteroatoms. The van der Waals surface area contributed by atoms with Gasteiger partial charge in [-0.05, 0) is 57.2 Å². The Hall–Kier alpha value is -3.55. The van der Waals surface area contributed by atoms with E-state index in [1.54, 1.807) is 12.5 Å². The Labute approximate surface area is 187 Å². The summed E-state index contributed by atoms with van der Waals surface area (Å²) in [5.41, 5.74) is 5.16. The lowest BCUT2D eigenvalue weighted by atomic mass is 10.0. The third-order valence-corrected chi connectivity index (χ3v) is 5.66. The second kappa shape index (κ2) is 10.2. The fourth-order valence-corrected chi connectivity index (χ4v) is 3.60. The predicted molar refractivity (Wildman–Crippen MR) is 121 cm³/mol. The summed E-state index contributed by atoms with van der Waals surface area (Å²) in [4.78, 5) is 14.3. The zero-order chi connectivity index (χ0) is 22.3. The van der Waals surface area contributed by atoms with E-state index >= 15 is 0 Å². The zero-order valence-corrected chi connectivity index (χ0v) is 18.5. The monoisotopic (exact) mass is 436 g/mol. The summed E-state index contributed by atoms with van der Waals surface area (Å²) in [6, 6.07) is 7.96. The number of nitrogens with zero attached hydrogens (tertiary/aromatic N) is 3. The van der Waals surface area contributed by atoms with Crippen molar-refractivity contribution in [2.75, 3.05) is 25.0 Å². The largest absolute Gasteiger partial charge is 0.494 e. The van der Waals surface area contributed by atoms with E-state index in [1.165, 1.54) is 5.57 Å². The van der Waals surface area contributed by atoms with Gasteiger partial charge in [-0.1, -0.05) is 34.1 Å². The van der Waals surface area contributed by atoms with Gasteiger partial charge < -0.3 is 18.7 Å². The van der Waals surface area contributed by atoms with Crippen molar-refractivity contribution >= 4 is 18.0 Å². The fraction of sp³-hybridized carbons (Fsp3) is 0.375. The molecule has 2 aromatic heterocycles. The molecule has 4 rings (SSSR count). The molecule has 3 aromatic rings. The smallest absolute Gasteiger partial charge is 0.324 e. The summed E-state index contributed by atoms with van der Waals surface area (Å²) < 4.78 is 15.9. The van der Waals surface area contributed by atoms with Crippen LogP contribution in [0.5, 0.6) is 5.75 Å². The molecule has 32 heavy (non-hydrogen) atoms. The van der Waals surface area contributed by atoms with Gasteiger partial charge in [0.1, 0.15) is 12.0 Å². The number of amides is 2. The predicted octanol–water partition coefficient (Wildman–Crippen LogP) is 5.00. The lowest BCUT2D eigenvalue weighted by molar-refractivity contribution is 0.207.